The Morgan fingerprint density at radius 3 is 1.59 bits per heavy atom. The molecule has 0 unspecified atom stereocenters. The highest BCUT2D eigenvalue weighted by Crippen LogP contribution is 2.59. The second-order valence-corrected chi connectivity index (χ2v) is 18.6. The van der Waals surface area contributed by atoms with Crippen molar-refractivity contribution in [3.63, 3.8) is 0 Å². The molecule has 0 saturated carbocycles. The molecule has 0 heterocycles. The molecule has 0 fully saturated rings. The van der Waals surface area contributed by atoms with Crippen LogP contribution in [0, 0.1) is 0 Å². The van der Waals surface area contributed by atoms with Gasteiger partial charge in [-0.05, 0) is 162 Å². The molecule has 0 aromatic heterocycles. The van der Waals surface area contributed by atoms with Gasteiger partial charge in [-0.1, -0.05) is 206 Å². The summed E-state index contributed by atoms with van der Waals surface area (Å²) in [7, 11) is 0. The average Bonchev–Trinajstić information content (AvgIpc) is 3.71. The minimum atomic E-state index is -0.554. The van der Waals surface area contributed by atoms with E-state index in [0.717, 1.165) is 17.1 Å². The molecule has 11 aromatic carbocycles. The number of nitrogens with zero attached hydrogens (tertiary/aromatic N) is 1. The van der Waals surface area contributed by atoms with Gasteiger partial charge in [-0.2, -0.15) is 0 Å². The van der Waals surface area contributed by atoms with Gasteiger partial charge in [0.15, 0.2) is 0 Å². The lowest BCUT2D eigenvalue weighted by molar-refractivity contribution is 0.686. The predicted molar refractivity (Wildman–Crippen MR) is 286 cm³/mol. The monoisotopic (exact) mass is 867 g/mol. The second-order valence-electron chi connectivity index (χ2n) is 18.6. The minimum absolute atomic E-state index is 0.554. The van der Waals surface area contributed by atoms with Crippen molar-refractivity contribution < 1.29 is 0 Å². The molecule has 1 heteroatoms. The van der Waals surface area contributed by atoms with Crippen LogP contribution in [0.2, 0.25) is 0 Å². The number of hydrogen-bond acceptors (Lipinski definition) is 1. The lowest BCUT2D eigenvalue weighted by Crippen LogP contribution is -2.28. The minimum Gasteiger partial charge on any atom is -0.310 e. The number of benzene rings is 11. The van der Waals surface area contributed by atoms with Crippen LogP contribution >= 0.6 is 0 Å². The maximum absolute atomic E-state index is 2.53. The summed E-state index contributed by atoms with van der Waals surface area (Å²) in [4.78, 5) is 2.49. The summed E-state index contributed by atoms with van der Waals surface area (Å²) in [5.74, 6) is 0. The van der Waals surface area contributed by atoms with E-state index in [4.69, 9.17) is 0 Å². The lowest BCUT2D eigenvalue weighted by atomic mass is 9.67. The molecule has 2 aliphatic rings. The van der Waals surface area contributed by atoms with Crippen molar-refractivity contribution in [1.82, 2.24) is 0 Å². The predicted octanol–water partition coefficient (Wildman–Crippen LogP) is 17.7. The van der Waals surface area contributed by atoms with Gasteiger partial charge in [-0.25, -0.2) is 0 Å². The first-order valence-corrected chi connectivity index (χ1v) is 24.2. The second kappa shape index (κ2) is 16.6. The van der Waals surface area contributed by atoms with E-state index >= 15 is 0 Å². The Labute approximate surface area is 399 Å². The summed E-state index contributed by atoms with van der Waals surface area (Å²) >= 11 is 0. The largest absolute Gasteiger partial charge is 0.310 e. The Hall–Kier alpha value is -8.26. The Balaban J connectivity index is 1.05. The summed E-state index contributed by atoms with van der Waals surface area (Å²) in [6, 6.07) is 93.0. The first-order chi connectivity index (χ1) is 33.7. The van der Waals surface area contributed by atoms with Gasteiger partial charge < -0.3 is 4.90 Å². The molecule has 1 nitrogen and oxygen atoms in total. The van der Waals surface area contributed by atoms with E-state index in [9.17, 15) is 0 Å². The normalized spacial score (nSPS) is 13.5. The van der Waals surface area contributed by atoms with Gasteiger partial charge in [-0.3, -0.25) is 0 Å². The van der Waals surface area contributed by atoms with Crippen LogP contribution in [0.25, 0.3) is 66.1 Å². The molecule has 68 heavy (non-hydrogen) atoms. The van der Waals surface area contributed by atoms with Crippen LogP contribution < -0.4 is 4.90 Å². The number of anilines is 3. The molecule has 0 spiro atoms. The first kappa shape index (κ1) is 40.1. The first-order valence-electron chi connectivity index (χ1n) is 24.2. The summed E-state index contributed by atoms with van der Waals surface area (Å²) in [5.41, 5.74) is 20.7. The molecule has 0 saturated heterocycles. The topological polar surface area (TPSA) is 3.24 Å². The van der Waals surface area contributed by atoms with Crippen molar-refractivity contribution in [2.75, 3.05) is 4.90 Å². The highest BCUT2D eigenvalue weighted by molar-refractivity contribution is 6.14. The van der Waals surface area contributed by atoms with Crippen molar-refractivity contribution in [2.24, 2.45) is 0 Å². The smallest absolute Gasteiger partial charge is 0.0714 e. The molecule has 0 aliphatic heterocycles. The Kier molecular flexibility index (Phi) is 9.75. The molecule has 0 bridgehead atoms. The van der Waals surface area contributed by atoms with E-state index in [2.05, 4.69) is 254 Å². The van der Waals surface area contributed by atoms with Gasteiger partial charge in [-0.15, -0.1) is 0 Å². The van der Waals surface area contributed by atoms with Gasteiger partial charge >= 0.3 is 0 Å². The van der Waals surface area contributed by atoms with E-state index in [0.29, 0.717) is 0 Å². The van der Waals surface area contributed by atoms with Gasteiger partial charge in [0.05, 0.1) is 11.1 Å². The van der Waals surface area contributed by atoms with Gasteiger partial charge in [0.2, 0.25) is 0 Å². The van der Waals surface area contributed by atoms with E-state index in [1.165, 1.54) is 125 Å². The Bertz CT molecular complexity index is 3610. The number of hydrogen-bond donors (Lipinski definition) is 0. The molecular weight excluding hydrogens is 819 g/mol. The number of rotatable bonds is 8. The molecule has 0 atom stereocenters. The SMILES string of the molecule is c1ccc(N(c2ccc(-c3cc4ccccc4c4ccccc34)cc2)c2cc3c(cc2-c2ccc(-c4ccc5c(c4)CCCC5)cc2)-c2ccccc2C3(c2ccccc2)c2ccccc2)cc1. The van der Waals surface area contributed by atoms with Gasteiger partial charge in [0.1, 0.15) is 0 Å². The number of aryl methyl sites for hydroxylation is 2. The lowest BCUT2D eigenvalue weighted by Gasteiger charge is -2.35. The molecular formula is C67H49N. The van der Waals surface area contributed by atoms with Crippen molar-refractivity contribution in [3.8, 4) is 44.5 Å². The van der Waals surface area contributed by atoms with Crippen molar-refractivity contribution in [3.05, 3.63) is 282 Å². The average molecular weight is 868 g/mol. The van der Waals surface area contributed by atoms with E-state index in [1.54, 1.807) is 0 Å². The van der Waals surface area contributed by atoms with Crippen LogP contribution in [-0.2, 0) is 18.3 Å². The van der Waals surface area contributed by atoms with Crippen molar-refractivity contribution in [1.29, 1.82) is 0 Å². The van der Waals surface area contributed by atoms with E-state index in [1.807, 2.05) is 0 Å². The van der Waals surface area contributed by atoms with E-state index < -0.39 is 5.41 Å². The molecule has 322 valence electrons. The van der Waals surface area contributed by atoms with Crippen molar-refractivity contribution in [2.45, 2.75) is 31.1 Å². The Morgan fingerprint density at radius 2 is 0.853 bits per heavy atom. The fourth-order valence-electron chi connectivity index (χ4n) is 11.7. The summed E-state index contributed by atoms with van der Waals surface area (Å²) in [6.45, 7) is 0. The molecule has 11 aromatic rings. The summed E-state index contributed by atoms with van der Waals surface area (Å²) in [5, 5.41) is 5.06. The van der Waals surface area contributed by atoms with Crippen LogP contribution in [0.3, 0.4) is 0 Å². The summed E-state index contributed by atoms with van der Waals surface area (Å²) in [6.07, 6.45) is 4.92. The third kappa shape index (κ3) is 6.53. The number of para-hydroxylation sites is 1. The van der Waals surface area contributed by atoms with Crippen LogP contribution in [0.4, 0.5) is 17.1 Å². The summed E-state index contributed by atoms with van der Waals surface area (Å²) < 4.78 is 0. The third-order valence-electron chi connectivity index (χ3n) is 14.9. The van der Waals surface area contributed by atoms with Gasteiger partial charge in [0.25, 0.3) is 0 Å². The van der Waals surface area contributed by atoms with Crippen LogP contribution in [0.1, 0.15) is 46.2 Å². The fraction of sp³-hybridized carbons (Fsp3) is 0.0746. The molecule has 0 radical (unpaired) electrons. The standard InChI is InChI=1S/C67H49N/c1-4-21-53(22-5-1)67(54-23-6-2-7-24-54)64-31-17-16-30-60(64)63-44-62(49-35-32-47(33-36-49)51-37-34-46-18-10-11-19-50(46)42-51)66(45-65(63)67)68(55-25-8-3-9-26-55)56-40-38-48(39-41-56)61-43-52-20-12-13-27-57(52)58-28-14-15-29-59(58)61/h1-9,12-17,20-45H,10-11,18-19H2. The maximum atomic E-state index is 2.53. The molecule has 0 N–H and O–H groups in total. The van der Waals surface area contributed by atoms with Crippen LogP contribution in [0.15, 0.2) is 249 Å². The molecule has 0 amide bonds. The molecule has 2 aliphatic carbocycles. The maximum Gasteiger partial charge on any atom is 0.0714 e. The third-order valence-corrected chi connectivity index (χ3v) is 14.9. The quantitative estimate of drug-likeness (QED) is 0.138. The van der Waals surface area contributed by atoms with Crippen molar-refractivity contribution >= 4 is 38.6 Å². The number of fused-ring (bicyclic) bond motifs is 7. The Morgan fingerprint density at radius 1 is 0.309 bits per heavy atom. The van der Waals surface area contributed by atoms with Gasteiger partial charge in [0, 0.05) is 16.9 Å². The highest BCUT2D eigenvalue weighted by Gasteiger charge is 2.47. The van der Waals surface area contributed by atoms with Crippen LogP contribution in [-0.4, -0.2) is 0 Å². The molecule has 13 rings (SSSR count). The van der Waals surface area contributed by atoms with Crippen LogP contribution in [0.5, 0.6) is 0 Å². The van der Waals surface area contributed by atoms with E-state index in [-0.39, 0.29) is 0 Å². The zero-order chi connectivity index (χ0) is 45.0. The highest BCUT2D eigenvalue weighted by atomic mass is 15.1. The fourth-order valence-corrected chi connectivity index (χ4v) is 11.7. The zero-order valence-corrected chi connectivity index (χ0v) is 37.9. The zero-order valence-electron chi connectivity index (χ0n) is 37.9.